The van der Waals surface area contributed by atoms with E-state index in [4.69, 9.17) is 0 Å². The van der Waals surface area contributed by atoms with Crippen LogP contribution in [0.1, 0.15) is 0 Å². The summed E-state index contributed by atoms with van der Waals surface area (Å²) in [4.78, 5) is 34.4. The Morgan fingerprint density at radius 3 is 2.57 bits per heavy atom. The Bertz CT molecular complexity index is 1450. The molecule has 9 nitrogen and oxygen atoms in total. The molecule has 1 amide bonds. The van der Waals surface area contributed by atoms with Crippen molar-refractivity contribution in [3.63, 3.8) is 0 Å². The normalized spacial score (nSPS) is 13.9. The van der Waals surface area contributed by atoms with Crippen LogP contribution in [0, 0.1) is 0 Å². The van der Waals surface area contributed by atoms with Gasteiger partial charge in [-0.3, -0.25) is 9.78 Å². The summed E-state index contributed by atoms with van der Waals surface area (Å²) in [7, 11) is 2.12. The standard InChI is InChI=1S/C26H24F2N8O/c1-35-9-11-36(12-10-35)22-6-5-20(16-30-22)33-26-31-15-18-7-8-29-24(25(18)34-26)17-3-2-4-19(13-17)32-23(37)14-21(27)28/h2-8,13-16H,9-12H2,1H3,(H,32,37)(H,31,33,34). The summed E-state index contributed by atoms with van der Waals surface area (Å²) in [6.45, 7) is 3.89. The average Bonchev–Trinajstić information content (AvgIpc) is 2.89. The highest BCUT2D eigenvalue weighted by molar-refractivity contribution is 6.00. The van der Waals surface area contributed by atoms with Crippen LogP contribution < -0.4 is 15.5 Å². The average molecular weight is 503 g/mol. The number of amides is 1. The predicted molar refractivity (Wildman–Crippen MR) is 139 cm³/mol. The Labute approximate surface area is 211 Å². The Kier molecular flexibility index (Phi) is 6.95. The second kappa shape index (κ2) is 10.6. The van der Waals surface area contributed by atoms with Crippen molar-refractivity contribution in [1.29, 1.82) is 0 Å². The fraction of sp³-hybridized carbons (Fsp3) is 0.192. The van der Waals surface area contributed by atoms with Gasteiger partial charge in [-0.25, -0.2) is 15.0 Å². The van der Waals surface area contributed by atoms with Crippen LogP contribution >= 0.6 is 0 Å². The Morgan fingerprint density at radius 1 is 0.973 bits per heavy atom. The van der Waals surface area contributed by atoms with E-state index < -0.39 is 12.0 Å². The number of pyridine rings is 2. The summed E-state index contributed by atoms with van der Waals surface area (Å²) in [5, 5.41) is 6.39. The molecule has 37 heavy (non-hydrogen) atoms. The van der Waals surface area contributed by atoms with Crippen molar-refractivity contribution in [2.45, 2.75) is 0 Å². The fourth-order valence-electron chi connectivity index (χ4n) is 4.06. The van der Waals surface area contributed by atoms with Gasteiger partial charge in [0.15, 0.2) is 0 Å². The van der Waals surface area contributed by atoms with E-state index in [1.54, 1.807) is 48.9 Å². The number of benzene rings is 1. The van der Waals surface area contributed by atoms with Gasteiger partial charge in [0.1, 0.15) is 11.3 Å². The van der Waals surface area contributed by atoms with E-state index in [1.807, 2.05) is 12.1 Å². The van der Waals surface area contributed by atoms with E-state index in [-0.39, 0.29) is 6.08 Å². The molecule has 188 valence electrons. The van der Waals surface area contributed by atoms with Gasteiger partial charge in [-0.2, -0.15) is 8.78 Å². The number of nitrogens with zero attached hydrogens (tertiary/aromatic N) is 6. The summed E-state index contributed by atoms with van der Waals surface area (Å²) >= 11 is 0. The molecule has 0 bridgehead atoms. The van der Waals surface area contributed by atoms with Gasteiger partial charge in [-0.05, 0) is 37.4 Å². The molecule has 0 spiro atoms. The SMILES string of the molecule is CN1CCN(c2ccc(Nc3ncc4ccnc(-c5cccc(NC(=O)C=C(F)F)c5)c4n3)cn2)CC1. The number of carbonyl (C=O) groups excluding carboxylic acids is 1. The maximum atomic E-state index is 12.4. The summed E-state index contributed by atoms with van der Waals surface area (Å²) in [5.41, 5.74) is 2.93. The van der Waals surface area contributed by atoms with Gasteiger partial charge in [0.05, 0.1) is 23.7 Å². The molecule has 4 aromatic rings. The lowest BCUT2D eigenvalue weighted by Gasteiger charge is -2.33. The molecule has 1 aromatic carbocycles. The third kappa shape index (κ3) is 5.84. The number of fused-ring (bicyclic) bond motifs is 1. The lowest BCUT2D eigenvalue weighted by atomic mass is 10.1. The van der Waals surface area contributed by atoms with E-state index in [9.17, 15) is 13.6 Å². The lowest BCUT2D eigenvalue weighted by molar-refractivity contribution is -0.112. The Morgan fingerprint density at radius 2 is 1.81 bits per heavy atom. The minimum absolute atomic E-state index is 0.237. The fourth-order valence-corrected chi connectivity index (χ4v) is 4.06. The zero-order valence-electron chi connectivity index (χ0n) is 20.0. The number of rotatable bonds is 6. The smallest absolute Gasteiger partial charge is 0.275 e. The van der Waals surface area contributed by atoms with Crippen LogP contribution in [-0.4, -0.2) is 64.0 Å². The highest BCUT2D eigenvalue weighted by Gasteiger charge is 2.15. The first kappa shape index (κ1) is 24.2. The van der Waals surface area contributed by atoms with Crippen LogP contribution in [0.5, 0.6) is 0 Å². The number of carbonyl (C=O) groups is 1. The number of halogens is 2. The topological polar surface area (TPSA) is 99.2 Å². The van der Waals surface area contributed by atoms with Crippen molar-refractivity contribution in [3.8, 4) is 11.3 Å². The molecule has 1 saturated heterocycles. The Hall–Kier alpha value is -4.51. The van der Waals surface area contributed by atoms with Gasteiger partial charge in [-0.1, -0.05) is 12.1 Å². The monoisotopic (exact) mass is 502 g/mol. The first-order chi connectivity index (χ1) is 17.9. The van der Waals surface area contributed by atoms with Gasteiger partial charge in [-0.15, -0.1) is 0 Å². The van der Waals surface area contributed by atoms with E-state index >= 15 is 0 Å². The number of likely N-dealkylation sites (N-methyl/N-ethyl adjacent to an activating group) is 1. The van der Waals surface area contributed by atoms with Crippen molar-refractivity contribution in [2.24, 2.45) is 0 Å². The molecule has 3 aromatic heterocycles. The molecular formula is C26H24F2N8O. The van der Waals surface area contributed by atoms with Crippen molar-refractivity contribution in [3.05, 3.63) is 73.2 Å². The predicted octanol–water partition coefficient (Wildman–Crippen LogP) is 4.30. The molecular weight excluding hydrogens is 478 g/mol. The maximum absolute atomic E-state index is 12.4. The molecule has 1 aliphatic rings. The lowest BCUT2D eigenvalue weighted by Crippen LogP contribution is -2.44. The van der Waals surface area contributed by atoms with Crippen LogP contribution in [0.15, 0.2) is 73.2 Å². The van der Waals surface area contributed by atoms with Gasteiger partial charge >= 0.3 is 0 Å². The first-order valence-electron chi connectivity index (χ1n) is 11.7. The van der Waals surface area contributed by atoms with Gasteiger partial charge in [0.2, 0.25) is 5.95 Å². The van der Waals surface area contributed by atoms with Crippen molar-refractivity contribution in [2.75, 3.05) is 48.8 Å². The number of aromatic nitrogens is 4. The maximum Gasteiger partial charge on any atom is 0.275 e. The number of piperazine rings is 1. The molecule has 2 N–H and O–H groups in total. The number of nitrogens with one attached hydrogen (secondary N) is 2. The molecule has 0 atom stereocenters. The van der Waals surface area contributed by atoms with Gasteiger partial charge in [0.25, 0.3) is 12.0 Å². The third-order valence-electron chi connectivity index (χ3n) is 5.97. The molecule has 11 heteroatoms. The van der Waals surface area contributed by atoms with Gasteiger partial charge < -0.3 is 20.4 Å². The third-order valence-corrected chi connectivity index (χ3v) is 5.97. The Balaban J connectivity index is 1.38. The second-order valence-corrected chi connectivity index (χ2v) is 8.62. The quantitative estimate of drug-likeness (QED) is 0.377. The molecule has 1 aliphatic heterocycles. The summed E-state index contributed by atoms with van der Waals surface area (Å²) in [6.07, 6.45) is 3.27. The van der Waals surface area contributed by atoms with Crippen LogP contribution in [-0.2, 0) is 4.79 Å². The van der Waals surface area contributed by atoms with Crippen molar-refractivity contribution < 1.29 is 13.6 Å². The van der Waals surface area contributed by atoms with Gasteiger partial charge in [0, 0.05) is 55.2 Å². The van der Waals surface area contributed by atoms with Crippen LogP contribution in [0.2, 0.25) is 0 Å². The zero-order valence-corrected chi connectivity index (χ0v) is 20.0. The van der Waals surface area contributed by atoms with E-state index in [1.165, 1.54) is 0 Å². The van der Waals surface area contributed by atoms with E-state index in [0.717, 1.165) is 43.1 Å². The van der Waals surface area contributed by atoms with Crippen LogP contribution in [0.3, 0.4) is 0 Å². The zero-order chi connectivity index (χ0) is 25.8. The molecule has 0 aliphatic carbocycles. The van der Waals surface area contributed by atoms with E-state index in [0.29, 0.717) is 28.4 Å². The molecule has 0 radical (unpaired) electrons. The highest BCUT2D eigenvalue weighted by Crippen LogP contribution is 2.28. The summed E-state index contributed by atoms with van der Waals surface area (Å²) in [6, 6.07) is 12.5. The molecule has 5 rings (SSSR count). The minimum Gasteiger partial charge on any atom is -0.354 e. The second-order valence-electron chi connectivity index (χ2n) is 8.62. The number of hydrogen-bond donors (Lipinski definition) is 2. The highest BCUT2D eigenvalue weighted by atomic mass is 19.3. The molecule has 4 heterocycles. The van der Waals surface area contributed by atoms with Crippen molar-refractivity contribution >= 4 is 40.0 Å². The van der Waals surface area contributed by atoms with Crippen LogP contribution in [0.25, 0.3) is 22.2 Å². The van der Waals surface area contributed by atoms with E-state index in [2.05, 4.69) is 47.4 Å². The first-order valence-corrected chi connectivity index (χ1v) is 11.7. The minimum atomic E-state index is -2.06. The largest absolute Gasteiger partial charge is 0.354 e. The molecule has 1 fully saturated rings. The summed E-state index contributed by atoms with van der Waals surface area (Å²) in [5.74, 6) is 0.397. The number of hydrogen-bond acceptors (Lipinski definition) is 8. The van der Waals surface area contributed by atoms with Crippen LogP contribution in [0.4, 0.5) is 31.9 Å². The number of anilines is 4. The molecule has 0 unspecified atom stereocenters. The van der Waals surface area contributed by atoms with Crippen molar-refractivity contribution in [1.82, 2.24) is 24.8 Å². The molecule has 0 saturated carbocycles. The summed E-state index contributed by atoms with van der Waals surface area (Å²) < 4.78 is 24.8.